The van der Waals surface area contributed by atoms with E-state index < -0.39 is 16.2 Å². The van der Waals surface area contributed by atoms with E-state index in [1.165, 1.54) is 16.9 Å². The van der Waals surface area contributed by atoms with Gasteiger partial charge >= 0.3 is 6.16 Å². The lowest BCUT2D eigenvalue weighted by Gasteiger charge is -2.04. The fraction of sp³-hybridized carbons (Fsp3) is 0.190. The zero-order valence-electron chi connectivity index (χ0n) is 15.9. The van der Waals surface area contributed by atoms with Crippen molar-refractivity contribution in [2.45, 2.75) is 23.1 Å². The maximum Gasteiger partial charge on any atom is 0.503 e. The molecule has 2 aromatic carbocycles. The molecular formula is C21H20ClNO5S2. The number of hydrogen-bond donors (Lipinski definition) is 3. The molecule has 1 saturated carbocycles. The Hall–Kier alpha value is -2.39. The lowest BCUT2D eigenvalue weighted by Crippen LogP contribution is -2.27. The topological polar surface area (TPSA) is 104 Å². The van der Waals surface area contributed by atoms with Crippen molar-refractivity contribution in [3.05, 3.63) is 77.3 Å². The van der Waals surface area contributed by atoms with Crippen LogP contribution in [0.15, 0.2) is 70.9 Å². The van der Waals surface area contributed by atoms with E-state index in [2.05, 4.69) is 23.8 Å². The van der Waals surface area contributed by atoms with E-state index in [0.29, 0.717) is 15.1 Å². The minimum absolute atomic E-state index is 0.0523. The first-order valence-corrected chi connectivity index (χ1v) is 11.7. The average Bonchev–Trinajstić information content (AvgIpc) is 3.08. The van der Waals surface area contributed by atoms with Crippen LogP contribution in [-0.4, -0.2) is 30.8 Å². The minimum Gasteiger partial charge on any atom is -0.450 e. The van der Waals surface area contributed by atoms with Crippen LogP contribution in [0.1, 0.15) is 18.4 Å². The van der Waals surface area contributed by atoms with Crippen molar-refractivity contribution < 1.29 is 23.4 Å². The van der Waals surface area contributed by atoms with Crippen LogP contribution in [0.3, 0.4) is 0 Å². The number of carboxylic acid groups (broad SMARTS) is 2. The highest BCUT2D eigenvalue weighted by Gasteiger charge is 2.49. The predicted molar refractivity (Wildman–Crippen MR) is 118 cm³/mol. The SMILES string of the molecule is C[C@H]1[C@H](NS(=O)(=O)c2ccc(-c3ccc(Cl)cc3)s2)[C@H]1c1ccccc1.O=C(O)O. The first-order valence-electron chi connectivity index (χ1n) is 9.04. The summed E-state index contributed by atoms with van der Waals surface area (Å²) < 4.78 is 28.8. The van der Waals surface area contributed by atoms with Crippen LogP contribution in [0, 0.1) is 5.92 Å². The van der Waals surface area contributed by atoms with Crippen LogP contribution in [0.25, 0.3) is 10.4 Å². The summed E-state index contributed by atoms with van der Waals surface area (Å²) in [6, 6.07) is 20.9. The highest BCUT2D eigenvalue weighted by Crippen LogP contribution is 2.48. The quantitative estimate of drug-likeness (QED) is 0.469. The first kappa shape index (κ1) is 22.3. The van der Waals surface area contributed by atoms with Crippen molar-refractivity contribution in [2.75, 3.05) is 0 Å². The lowest BCUT2D eigenvalue weighted by atomic mass is 10.1. The van der Waals surface area contributed by atoms with Crippen molar-refractivity contribution in [1.82, 2.24) is 4.72 Å². The number of hydrogen-bond acceptors (Lipinski definition) is 4. The van der Waals surface area contributed by atoms with Crippen molar-refractivity contribution in [3.8, 4) is 10.4 Å². The second kappa shape index (κ2) is 9.18. The van der Waals surface area contributed by atoms with Crippen LogP contribution in [0.4, 0.5) is 4.79 Å². The van der Waals surface area contributed by atoms with Gasteiger partial charge in [0.05, 0.1) is 0 Å². The molecule has 1 fully saturated rings. The molecule has 0 unspecified atom stereocenters. The molecule has 1 heterocycles. The van der Waals surface area contributed by atoms with Gasteiger partial charge in [0.2, 0.25) is 10.0 Å². The molecular weight excluding hydrogens is 446 g/mol. The molecule has 4 rings (SSSR count). The van der Waals surface area contributed by atoms with Gasteiger partial charge in [-0.3, -0.25) is 0 Å². The highest BCUT2D eigenvalue weighted by atomic mass is 35.5. The number of thiophene rings is 1. The van der Waals surface area contributed by atoms with Crippen LogP contribution in [-0.2, 0) is 10.0 Å². The molecule has 0 spiro atoms. The normalized spacial score (nSPS) is 20.1. The number of nitrogens with one attached hydrogen (secondary N) is 1. The van der Waals surface area contributed by atoms with Gasteiger partial charge in [0, 0.05) is 21.9 Å². The van der Waals surface area contributed by atoms with Gasteiger partial charge in [-0.2, -0.15) is 0 Å². The summed E-state index contributed by atoms with van der Waals surface area (Å²) in [6.07, 6.45) is -1.83. The monoisotopic (exact) mass is 465 g/mol. The van der Waals surface area contributed by atoms with Crippen LogP contribution in [0.2, 0.25) is 5.02 Å². The number of carbonyl (C=O) groups is 1. The fourth-order valence-corrected chi connectivity index (χ4v) is 6.10. The molecule has 1 aromatic heterocycles. The Balaban J connectivity index is 0.000000589. The summed E-state index contributed by atoms with van der Waals surface area (Å²) in [4.78, 5) is 9.46. The standard InChI is InChI=1S/C20H18ClNO2S2.CH2O3/c1-13-19(15-5-3-2-4-6-15)20(13)22-26(23,24)18-12-11-17(25-18)14-7-9-16(21)10-8-14;2-1(3)4/h2-13,19-20,22H,1H3;(H2,2,3,4)/t13-,19-,20+;/m1./s1. The van der Waals surface area contributed by atoms with Gasteiger partial charge in [0.1, 0.15) is 4.21 Å². The molecule has 3 N–H and O–H groups in total. The van der Waals surface area contributed by atoms with Crippen LogP contribution < -0.4 is 4.72 Å². The van der Waals surface area contributed by atoms with E-state index in [9.17, 15) is 8.42 Å². The minimum atomic E-state index is -3.52. The summed E-state index contributed by atoms with van der Waals surface area (Å²) >= 11 is 7.19. The van der Waals surface area contributed by atoms with Crippen molar-refractivity contribution >= 4 is 39.1 Å². The zero-order valence-corrected chi connectivity index (χ0v) is 18.3. The van der Waals surface area contributed by atoms with E-state index in [4.69, 9.17) is 26.6 Å². The third-order valence-corrected chi connectivity index (χ3v) is 8.17. The second-order valence-corrected chi connectivity index (χ2v) is 10.3. The third kappa shape index (κ3) is 5.40. The largest absolute Gasteiger partial charge is 0.503 e. The summed E-state index contributed by atoms with van der Waals surface area (Å²) in [5.74, 6) is 0.532. The van der Waals surface area contributed by atoms with E-state index in [1.54, 1.807) is 18.2 Å². The molecule has 0 amide bonds. The Bertz CT molecular complexity index is 1110. The first-order chi connectivity index (χ1) is 14.2. The Morgan fingerprint density at radius 1 is 1.00 bits per heavy atom. The maximum atomic E-state index is 12.8. The molecule has 3 atom stereocenters. The van der Waals surface area contributed by atoms with E-state index in [-0.39, 0.29) is 12.0 Å². The number of rotatable bonds is 5. The molecule has 30 heavy (non-hydrogen) atoms. The molecule has 0 saturated heterocycles. The van der Waals surface area contributed by atoms with Gasteiger partial charge < -0.3 is 10.2 Å². The number of sulfonamides is 1. The van der Waals surface area contributed by atoms with Crippen molar-refractivity contribution in [2.24, 2.45) is 5.92 Å². The molecule has 3 aromatic rings. The average molecular weight is 466 g/mol. The number of benzene rings is 2. The van der Waals surface area contributed by atoms with Crippen LogP contribution >= 0.6 is 22.9 Å². The summed E-state index contributed by atoms with van der Waals surface area (Å²) in [6.45, 7) is 2.08. The summed E-state index contributed by atoms with van der Waals surface area (Å²) in [5, 5.41) is 14.6. The van der Waals surface area contributed by atoms with Crippen molar-refractivity contribution in [1.29, 1.82) is 0 Å². The summed E-state index contributed by atoms with van der Waals surface area (Å²) in [7, 11) is -3.52. The Morgan fingerprint density at radius 3 is 2.20 bits per heavy atom. The van der Waals surface area contributed by atoms with Gasteiger partial charge in [-0.15, -0.1) is 11.3 Å². The van der Waals surface area contributed by atoms with Gasteiger partial charge in [-0.05, 0) is 41.3 Å². The zero-order chi connectivity index (χ0) is 21.9. The lowest BCUT2D eigenvalue weighted by molar-refractivity contribution is 0.137. The van der Waals surface area contributed by atoms with Crippen molar-refractivity contribution in [3.63, 3.8) is 0 Å². The molecule has 6 nitrogen and oxygen atoms in total. The van der Waals surface area contributed by atoms with Gasteiger partial charge in [-0.1, -0.05) is 61.0 Å². The van der Waals surface area contributed by atoms with E-state index in [1.807, 2.05) is 36.4 Å². The van der Waals surface area contributed by atoms with Gasteiger partial charge in [-0.25, -0.2) is 17.9 Å². The van der Waals surface area contributed by atoms with Crippen LogP contribution in [0.5, 0.6) is 0 Å². The molecule has 0 radical (unpaired) electrons. The molecule has 0 aliphatic heterocycles. The maximum absolute atomic E-state index is 12.8. The Labute approximate surface area is 183 Å². The smallest absolute Gasteiger partial charge is 0.450 e. The molecule has 9 heteroatoms. The Morgan fingerprint density at radius 2 is 1.60 bits per heavy atom. The number of halogens is 1. The molecule has 158 valence electrons. The fourth-order valence-electron chi connectivity index (χ4n) is 3.30. The molecule has 1 aliphatic rings. The van der Waals surface area contributed by atoms with Gasteiger partial charge in [0.25, 0.3) is 0 Å². The summed E-state index contributed by atoms with van der Waals surface area (Å²) in [5.41, 5.74) is 2.14. The molecule has 0 bridgehead atoms. The third-order valence-electron chi connectivity index (χ3n) is 4.83. The second-order valence-electron chi connectivity index (χ2n) is 6.85. The predicted octanol–water partition coefficient (Wildman–Crippen LogP) is 5.37. The van der Waals surface area contributed by atoms with Gasteiger partial charge in [0.15, 0.2) is 0 Å². The van der Waals surface area contributed by atoms with E-state index >= 15 is 0 Å². The van der Waals surface area contributed by atoms with E-state index in [0.717, 1.165) is 10.4 Å². The highest BCUT2D eigenvalue weighted by molar-refractivity contribution is 7.91. The Kier molecular flexibility index (Phi) is 6.82. The molecule has 1 aliphatic carbocycles.